The molecule has 2 rings (SSSR count). The monoisotopic (exact) mass is 245 g/mol. The Morgan fingerprint density at radius 2 is 2.17 bits per heavy atom. The maximum absolute atomic E-state index is 11.8. The van der Waals surface area contributed by atoms with Crippen LogP contribution in [0.1, 0.15) is 18.4 Å². The third kappa shape index (κ3) is 2.60. The smallest absolute Gasteiger partial charge is 0.414 e. The molecule has 1 aromatic rings. The molecule has 5 nitrogen and oxygen atoms in total. The zero-order chi connectivity index (χ0) is 13.0. The summed E-state index contributed by atoms with van der Waals surface area (Å²) in [5.41, 5.74) is 6.78. The van der Waals surface area contributed by atoms with E-state index in [-0.39, 0.29) is 12.2 Å². The second-order valence-corrected chi connectivity index (χ2v) is 4.18. The molecular formula is C13H15N3O2. The summed E-state index contributed by atoms with van der Waals surface area (Å²) < 4.78 is 5.29. The van der Waals surface area contributed by atoms with E-state index in [1.54, 1.807) is 29.2 Å². The highest BCUT2D eigenvalue weighted by molar-refractivity contribution is 5.88. The van der Waals surface area contributed by atoms with Crippen LogP contribution in [0.2, 0.25) is 0 Å². The van der Waals surface area contributed by atoms with Gasteiger partial charge in [-0.15, -0.1) is 0 Å². The van der Waals surface area contributed by atoms with Gasteiger partial charge in [0.15, 0.2) is 0 Å². The predicted octanol–water partition coefficient (Wildman–Crippen LogP) is 1.62. The van der Waals surface area contributed by atoms with Crippen molar-refractivity contribution in [3.05, 3.63) is 29.8 Å². The van der Waals surface area contributed by atoms with E-state index in [0.717, 1.165) is 12.1 Å². The number of carbonyl (C=O) groups excluding carboxylic acids is 1. The van der Waals surface area contributed by atoms with Crippen molar-refractivity contribution >= 4 is 11.8 Å². The Morgan fingerprint density at radius 3 is 2.72 bits per heavy atom. The molecule has 2 N–H and O–H groups in total. The molecule has 1 aliphatic rings. The SMILES string of the molecule is N#Cc1ccc(N2CCC(CCN)OC2=O)cc1. The summed E-state index contributed by atoms with van der Waals surface area (Å²) in [4.78, 5) is 13.4. The molecule has 1 unspecified atom stereocenters. The minimum atomic E-state index is -0.343. The average molecular weight is 245 g/mol. The molecule has 94 valence electrons. The molecule has 0 spiro atoms. The standard InChI is InChI=1S/C13H15N3O2/c14-7-5-12-6-8-16(13(17)18-12)11-3-1-10(9-15)2-4-11/h1-4,12H,5-8,14H2. The fourth-order valence-corrected chi connectivity index (χ4v) is 1.97. The Morgan fingerprint density at radius 1 is 1.44 bits per heavy atom. The maximum atomic E-state index is 11.8. The number of hydrogen-bond acceptors (Lipinski definition) is 4. The quantitative estimate of drug-likeness (QED) is 0.877. The Balaban J connectivity index is 2.06. The van der Waals surface area contributed by atoms with Crippen molar-refractivity contribution in [1.82, 2.24) is 0 Å². The highest BCUT2D eigenvalue weighted by Crippen LogP contribution is 2.22. The summed E-state index contributed by atoms with van der Waals surface area (Å²) in [5.74, 6) is 0. The summed E-state index contributed by atoms with van der Waals surface area (Å²) in [5, 5.41) is 8.72. The molecule has 1 fully saturated rings. The first kappa shape index (κ1) is 12.4. The lowest BCUT2D eigenvalue weighted by molar-refractivity contribution is 0.0807. The fourth-order valence-electron chi connectivity index (χ4n) is 1.97. The highest BCUT2D eigenvalue weighted by Gasteiger charge is 2.27. The summed E-state index contributed by atoms with van der Waals surface area (Å²) in [7, 11) is 0. The van der Waals surface area contributed by atoms with Crippen LogP contribution in [0.3, 0.4) is 0 Å². The lowest BCUT2D eigenvalue weighted by Gasteiger charge is -2.31. The van der Waals surface area contributed by atoms with Crippen LogP contribution in [0.15, 0.2) is 24.3 Å². The van der Waals surface area contributed by atoms with Gasteiger partial charge in [0.25, 0.3) is 0 Å². The molecule has 5 heteroatoms. The summed E-state index contributed by atoms with van der Waals surface area (Å²) in [6.07, 6.45) is 1.07. The fraction of sp³-hybridized carbons (Fsp3) is 0.385. The van der Waals surface area contributed by atoms with Crippen molar-refractivity contribution in [2.24, 2.45) is 5.73 Å². The zero-order valence-corrected chi connectivity index (χ0v) is 10.0. The molecule has 1 aromatic carbocycles. The van der Waals surface area contributed by atoms with Gasteiger partial charge in [0.05, 0.1) is 11.6 Å². The van der Waals surface area contributed by atoms with Gasteiger partial charge in [0.1, 0.15) is 6.10 Å². The van der Waals surface area contributed by atoms with Gasteiger partial charge in [-0.3, -0.25) is 4.90 Å². The van der Waals surface area contributed by atoms with E-state index in [2.05, 4.69) is 0 Å². The van der Waals surface area contributed by atoms with Crippen LogP contribution in [0, 0.1) is 11.3 Å². The van der Waals surface area contributed by atoms with Gasteiger partial charge < -0.3 is 10.5 Å². The van der Waals surface area contributed by atoms with Crippen LogP contribution < -0.4 is 10.6 Å². The van der Waals surface area contributed by atoms with Gasteiger partial charge in [-0.25, -0.2) is 4.79 Å². The molecule has 1 saturated heterocycles. The van der Waals surface area contributed by atoms with Gasteiger partial charge in [-0.05, 0) is 37.2 Å². The first-order chi connectivity index (χ1) is 8.74. The van der Waals surface area contributed by atoms with Crippen molar-refractivity contribution < 1.29 is 9.53 Å². The predicted molar refractivity (Wildman–Crippen MR) is 67.1 cm³/mol. The van der Waals surface area contributed by atoms with E-state index in [1.807, 2.05) is 6.07 Å². The van der Waals surface area contributed by atoms with Crippen molar-refractivity contribution in [3.8, 4) is 6.07 Å². The van der Waals surface area contributed by atoms with E-state index in [1.165, 1.54) is 0 Å². The molecule has 18 heavy (non-hydrogen) atoms. The van der Waals surface area contributed by atoms with Crippen molar-refractivity contribution in [3.63, 3.8) is 0 Å². The third-order valence-electron chi connectivity index (χ3n) is 2.96. The normalized spacial score (nSPS) is 19.2. The average Bonchev–Trinajstić information content (AvgIpc) is 2.40. The number of cyclic esters (lactones) is 1. The Hall–Kier alpha value is -2.06. The summed E-state index contributed by atoms with van der Waals surface area (Å²) >= 11 is 0. The van der Waals surface area contributed by atoms with E-state index >= 15 is 0 Å². The Labute approximate surface area is 106 Å². The van der Waals surface area contributed by atoms with Crippen molar-refractivity contribution in [2.45, 2.75) is 18.9 Å². The Bertz CT molecular complexity index is 464. The number of amides is 1. The molecule has 0 aliphatic carbocycles. The molecule has 1 atom stereocenters. The first-order valence-corrected chi connectivity index (χ1v) is 5.93. The lowest BCUT2D eigenvalue weighted by atomic mass is 10.1. The molecule has 1 aliphatic heterocycles. The number of nitriles is 1. The van der Waals surface area contributed by atoms with Crippen molar-refractivity contribution in [1.29, 1.82) is 5.26 Å². The third-order valence-corrected chi connectivity index (χ3v) is 2.96. The zero-order valence-electron chi connectivity index (χ0n) is 10.0. The number of benzene rings is 1. The van der Waals surface area contributed by atoms with Crippen LogP contribution in [0.5, 0.6) is 0 Å². The van der Waals surface area contributed by atoms with E-state index in [9.17, 15) is 4.79 Å². The van der Waals surface area contributed by atoms with Crippen LogP contribution in [0.4, 0.5) is 10.5 Å². The van der Waals surface area contributed by atoms with Gasteiger partial charge >= 0.3 is 6.09 Å². The molecule has 1 amide bonds. The van der Waals surface area contributed by atoms with Gasteiger partial charge in [0, 0.05) is 18.7 Å². The van der Waals surface area contributed by atoms with E-state index in [0.29, 0.717) is 25.1 Å². The number of hydrogen-bond donors (Lipinski definition) is 1. The number of carbonyl (C=O) groups is 1. The number of ether oxygens (including phenoxy) is 1. The molecule has 0 aromatic heterocycles. The number of nitrogens with two attached hydrogens (primary N) is 1. The molecule has 1 heterocycles. The van der Waals surface area contributed by atoms with Gasteiger partial charge in [0.2, 0.25) is 0 Å². The Kier molecular flexibility index (Phi) is 3.80. The molecule has 0 bridgehead atoms. The van der Waals surface area contributed by atoms with Crippen molar-refractivity contribution in [2.75, 3.05) is 18.0 Å². The highest BCUT2D eigenvalue weighted by atomic mass is 16.6. The topological polar surface area (TPSA) is 79.3 Å². The second kappa shape index (κ2) is 5.52. The van der Waals surface area contributed by atoms with Crippen LogP contribution in [0.25, 0.3) is 0 Å². The van der Waals surface area contributed by atoms with Crippen LogP contribution in [-0.4, -0.2) is 25.3 Å². The molecular weight excluding hydrogens is 230 g/mol. The number of anilines is 1. The summed E-state index contributed by atoms with van der Waals surface area (Å²) in [6, 6.07) is 8.93. The van der Waals surface area contributed by atoms with Crippen LogP contribution in [-0.2, 0) is 4.74 Å². The molecule has 0 radical (unpaired) electrons. The van der Waals surface area contributed by atoms with E-state index in [4.69, 9.17) is 15.7 Å². The van der Waals surface area contributed by atoms with E-state index < -0.39 is 0 Å². The lowest BCUT2D eigenvalue weighted by Crippen LogP contribution is -2.42. The minimum Gasteiger partial charge on any atom is -0.446 e. The summed E-state index contributed by atoms with van der Waals surface area (Å²) in [6.45, 7) is 1.14. The number of rotatable bonds is 3. The second-order valence-electron chi connectivity index (χ2n) is 4.18. The minimum absolute atomic E-state index is 0.0721. The maximum Gasteiger partial charge on any atom is 0.414 e. The number of nitrogens with zero attached hydrogens (tertiary/aromatic N) is 2. The van der Waals surface area contributed by atoms with Crippen LogP contribution >= 0.6 is 0 Å². The largest absolute Gasteiger partial charge is 0.446 e. The van der Waals surface area contributed by atoms with Gasteiger partial charge in [-0.1, -0.05) is 0 Å². The van der Waals surface area contributed by atoms with Gasteiger partial charge in [-0.2, -0.15) is 5.26 Å². The molecule has 0 saturated carbocycles. The first-order valence-electron chi connectivity index (χ1n) is 5.93.